The molecule has 0 spiro atoms. The fourth-order valence-electron chi connectivity index (χ4n) is 2.37. The molecule has 2 rings (SSSR count). The lowest BCUT2D eigenvalue weighted by Gasteiger charge is -2.22. The molecule has 112 valence electrons. The van der Waals surface area contributed by atoms with Gasteiger partial charge in [-0.1, -0.05) is 6.07 Å². The predicted octanol–water partition coefficient (Wildman–Crippen LogP) is 2.55. The molecule has 1 fully saturated rings. The van der Waals surface area contributed by atoms with Crippen LogP contribution < -0.4 is 5.32 Å². The monoisotopic (exact) mass is 285 g/mol. The van der Waals surface area contributed by atoms with Gasteiger partial charge >= 0.3 is 0 Å². The number of nitrogens with one attached hydrogen (secondary N) is 1. The van der Waals surface area contributed by atoms with Crippen molar-refractivity contribution in [1.82, 2.24) is 5.32 Å². The first-order valence-electron chi connectivity index (χ1n) is 7.12. The largest absolute Gasteiger partial charge is 0.387 e. The van der Waals surface area contributed by atoms with Crippen LogP contribution in [0.1, 0.15) is 37.4 Å². The van der Waals surface area contributed by atoms with E-state index in [2.05, 4.69) is 5.32 Å². The van der Waals surface area contributed by atoms with Crippen molar-refractivity contribution in [3.8, 4) is 0 Å². The highest BCUT2D eigenvalue weighted by Gasteiger charge is 2.14. The van der Waals surface area contributed by atoms with E-state index >= 15 is 0 Å². The van der Waals surface area contributed by atoms with Gasteiger partial charge in [-0.3, -0.25) is 0 Å². The number of aliphatic hydroxyl groups is 1. The maximum absolute atomic E-state index is 13.0. The summed E-state index contributed by atoms with van der Waals surface area (Å²) in [5.41, 5.74) is 0.380. The Morgan fingerprint density at radius 2 is 2.15 bits per heavy atom. The molecule has 20 heavy (non-hydrogen) atoms. The van der Waals surface area contributed by atoms with Crippen molar-refractivity contribution in [3.05, 3.63) is 35.4 Å². The Balaban J connectivity index is 1.69. The highest BCUT2D eigenvalue weighted by Crippen LogP contribution is 2.17. The maximum Gasteiger partial charge on any atom is 0.159 e. The molecule has 0 saturated carbocycles. The summed E-state index contributed by atoms with van der Waals surface area (Å²) in [5.74, 6) is -1.83. The van der Waals surface area contributed by atoms with Crippen molar-refractivity contribution in [2.75, 3.05) is 19.7 Å². The Kier molecular flexibility index (Phi) is 5.88. The maximum atomic E-state index is 13.0. The summed E-state index contributed by atoms with van der Waals surface area (Å²) in [5, 5.41) is 13.0. The normalized spacial score (nSPS) is 20.9. The lowest BCUT2D eigenvalue weighted by Crippen LogP contribution is -2.28. The van der Waals surface area contributed by atoms with Crippen LogP contribution in [0.4, 0.5) is 8.78 Å². The van der Waals surface area contributed by atoms with E-state index < -0.39 is 17.7 Å². The topological polar surface area (TPSA) is 41.5 Å². The SMILES string of the molecule is OC(CNCCC1CCCCO1)c1ccc(F)c(F)c1. The van der Waals surface area contributed by atoms with Gasteiger partial charge in [0.25, 0.3) is 0 Å². The first-order valence-corrected chi connectivity index (χ1v) is 7.12. The van der Waals surface area contributed by atoms with Crippen LogP contribution in [0.5, 0.6) is 0 Å². The van der Waals surface area contributed by atoms with Gasteiger partial charge in [0.15, 0.2) is 11.6 Å². The predicted molar refractivity (Wildman–Crippen MR) is 72.4 cm³/mol. The standard InChI is InChI=1S/C15H21F2NO2/c16-13-5-4-11(9-14(13)17)15(19)10-18-7-6-12-3-1-2-8-20-12/h4-5,9,12,15,18-19H,1-3,6-8,10H2. The summed E-state index contributed by atoms with van der Waals surface area (Å²) in [6.07, 6.45) is 3.81. The van der Waals surface area contributed by atoms with Gasteiger partial charge in [-0.15, -0.1) is 0 Å². The minimum Gasteiger partial charge on any atom is -0.387 e. The van der Waals surface area contributed by atoms with Gasteiger partial charge in [0.2, 0.25) is 0 Å². The minimum atomic E-state index is -0.933. The van der Waals surface area contributed by atoms with E-state index in [0.29, 0.717) is 18.2 Å². The molecule has 2 N–H and O–H groups in total. The number of aliphatic hydroxyl groups excluding tert-OH is 1. The van der Waals surface area contributed by atoms with Crippen molar-refractivity contribution in [1.29, 1.82) is 0 Å². The fourth-order valence-corrected chi connectivity index (χ4v) is 2.37. The lowest BCUT2D eigenvalue weighted by molar-refractivity contribution is 0.0111. The van der Waals surface area contributed by atoms with Gasteiger partial charge in [-0.2, -0.15) is 0 Å². The fraction of sp³-hybridized carbons (Fsp3) is 0.600. The zero-order valence-corrected chi connectivity index (χ0v) is 11.4. The summed E-state index contributed by atoms with van der Waals surface area (Å²) in [6.45, 7) is 1.89. The summed E-state index contributed by atoms with van der Waals surface area (Å²) >= 11 is 0. The van der Waals surface area contributed by atoms with Gasteiger partial charge in [0.05, 0.1) is 12.2 Å². The molecule has 1 aliphatic heterocycles. The van der Waals surface area contributed by atoms with Gasteiger partial charge in [0, 0.05) is 13.2 Å². The molecule has 1 aromatic rings. The average molecular weight is 285 g/mol. The van der Waals surface area contributed by atoms with Crippen LogP contribution in [-0.4, -0.2) is 30.9 Å². The number of rotatable bonds is 6. The van der Waals surface area contributed by atoms with Gasteiger partial charge < -0.3 is 15.2 Å². The van der Waals surface area contributed by atoms with Crippen LogP contribution in [0.3, 0.4) is 0 Å². The van der Waals surface area contributed by atoms with Gasteiger partial charge in [-0.05, 0) is 49.9 Å². The van der Waals surface area contributed by atoms with E-state index in [9.17, 15) is 13.9 Å². The zero-order valence-electron chi connectivity index (χ0n) is 11.4. The van der Waals surface area contributed by atoms with Crippen LogP contribution in [0, 0.1) is 11.6 Å². The molecule has 1 aromatic carbocycles. The number of benzene rings is 1. The highest BCUT2D eigenvalue weighted by molar-refractivity contribution is 5.20. The molecule has 3 nitrogen and oxygen atoms in total. The Labute approximate surface area is 117 Å². The van der Waals surface area contributed by atoms with Crippen molar-refractivity contribution < 1.29 is 18.6 Å². The Bertz CT molecular complexity index is 422. The quantitative estimate of drug-likeness (QED) is 0.789. The van der Waals surface area contributed by atoms with Crippen LogP contribution in [0.15, 0.2) is 18.2 Å². The number of hydrogen-bond acceptors (Lipinski definition) is 3. The van der Waals surface area contributed by atoms with E-state index in [4.69, 9.17) is 4.74 Å². The molecule has 2 atom stereocenters. The Hall–Kier alpha value is -1.04. The second kappa shape index (κ2) is 7.67. The third-order valence-corrected chi connectivity index (χ3v) is 3.58. The molecule has 0 aromatic heterocycles. The molecule has 0 radical (unpaired) electrons. The minimum absolute atomic E-state index is 0.302. The van der Waals surface area contributed by atoms with Crippen molar-refractivity contribution in [2.24, 2.45) is 0 Å². The smallest absolute Gasteiger partial charge is 0.159 e. The molecular weight excluding hydrogens is 264 g/mol. The van der Waals surface area contributed by atoms with Crippen molar-refractivity contribution >= 4 is 0 Å². The number of hydrogen-bond donors (Lipinski definition) is 2. The van der Waals surface area contributed by atoms with Crippen LogP contribution in [-0.2, 0) is 4.74 Å². The molecular formula is C15H21F2NO2. The van der Waals surface area contributed by atoms with Crippen LogP contribution >= 0.6 is 0 Å². The van der Waals surface area contributed by atoms with Gasteiger partial charge in [0.1, 0.15) is 0 Å². The lowest BCUT2D eigenvalue weighted by atomic mass is 10.1. The Morgan fingerprint density at radius 1 is 1.30 bits per heavy atom. The van der Waals surface area contributed by atoms with Crippen LogP contribution in [0.2, 0.25) is 0 Å². The van der Waals surface area contributed by atoms with Gasteiger partial charge in [-0.25, -0.2) is 8.78 Å². The third kappa shape index (κ3) is 4.51. The first-order chi connectivity index (χ1) is 9.66. The summed E-state index contributed by atoms with van der Waals surface area (Å²) in [4.78, 5) is 0. The molecule has 1 aliphatic rings. The molecule has 1 saturated heterocycles. The van der Waals surface area contributed by atoms with E-state index in [0.717, 1.165) is 44.5 Å². The summed E-state index contributed by atoms with van der Waals surface area (Å²) < 4.78 is 31.4. The number of ether oxygens (including phenoxy) is 1. The van der Waals surface area contributed by atoms with E-state index in [1.807, 2.05) is 0 Å². The summed E-state index contributed by atoms with van der Waals surface area (Å²) in [6, 6.07) is 3.46. The highest BCUT2D eigenvalue weighted by atomic mass is 19.2. The van der Waals surface area contributed by atoms with Crippen molar-refractivity contribution in [2.45, 2.75) is 37.9 Å². The molecule has 0 bridgehead atoms. The van der Waals surface area contributed by atoms with Crippen LogP contribution in [0.25, 0.3) is 0 Å². The molecule has 0 aliphatic carbocycles. The second-order valence-electron chi connectivity index (χ2n) is 5.17. The zero-order chi connectivity index (χ0) is 14.4. The molecule has 5 heteroatoms. The number of halogens is 2. The third-order valence-electron chi connectivity index (χ3n) is 3.58. The average Bonchev–Trinajstić information content (AvgIpc) is 2.47. The second-order valence-corrected chi connectivity index (χ2v) is 5.17. The van der Waals surface area contributed by atoms with E-state index in [1.165, 1.54) is 12.5 Å². The molecule has 0 amide bonds. The molecule has 1 heterocycles. The molecule has 2 unspecified atom stereocenters. The first kappa shape index (κ1) is 15.4. The van der Waals surface area contributed by atoms with E-state index in [1.54, 1.807) is 0 Å². The van der Waals surface area contributed by atoms with E-state index in [-0.39, 0.29) is 0 Å². The Morgan fingerprint density at radius 3 is 2.85 bits per heavy atom. The summed E-state index contributed by atoms with van der Waals surface area (Å²) in [7, 11) is 0. The van der Waals surface area contributed by atoms with Crippen molar-refractivity contribution in [3.63, 3.8) is 0 Å².